The normalized spacial score (nSPS) is 17.3. The summed E-state index contributed by atoms with van der Waals surface area (Å²) in [6.07, 6.45) is 0. The van der Waals surface area contributed by atoms with Crippen molar-refractivity contribution in [2.24, 2.45) is 0 Å². The van der Waals surface area contributed by atoms with Crippen LogP contribution in [0.3, 0.4) is 0 Å². The average molecular weight is 319 g/mol. The van der Waals surface area contributed by atoms with Gasteiger partial charge in [-0.1, -0.05) is 48.5 Å². The number of nitrogens with one attached hydrogen (secondary N) is 1. The van der Waals surface area contributed by atoms with Gasteiger partial charge in [0.15, 0.2) is 0 Å². The minimum absolute atomic E-state index is 0.209. The maximum atomic E-state index is 5.79. The minimum Gasteiger partial charge on any atom is -0.496 e. The highest BCUT2D eigenvalue weighted by molar-refractivity contribution is 5.91. The van der Waals surface area contributed by atoms with Gasteiger partial charge in [0.05, 0.1) is 13.2 Å². The van der Waals surface area contributed by atoms with Crippen LogP contribution in [0.2, 0.25) is 0 Å². The fraction of sp³-hybridized carbons (Fsp3) is 0.238. The average Bonchev–Trinajstić information content (AvgIpc) is 3.03. The molecule has 1 heterocycles. The van der Waals surface area contributed by atoms with Crippen molar-refractivity contribution in [3.05, 3.63) is 71.8 Å². The summed E-state index contributed by atoms with van der Waals surface area (Å²) in [4.78, 5) is 0. The monoisotopic (exact) mass is 319 g/mol. The van der Waals surface area contributed by atoms with Crippen LogP contribution in [0.1, 0.15) is 30.1 Å². The van der Waals surface area contributed by atoms with E-state index in [4.69, 9.17) is 9.47 Å². The van der Waals surface area contributed by atoms with Crippen molar-refractivity contribution in [2.45, 2.75) is 19.0 Å². The predicted octanol–water partition coefficient (Wildman–Crippen LogP) is 4.63. The van der Waals surface area contributed by atoms with Crippen LogP contribution in [0, 0.1) is 0 Å². The number of para-hydroxylation sites is 1. The lowest BCUT2D eigenvalue weighted by Gasteiger charge is -2.21. The number of hydrogen-bond acceptors (Lipinski definition) is 3. The third kappa shape index (κ3) is 2.51. The van der Waals surface area contributed by atoms with E-state index in [1.807, 2.05) is 18.2 Å². The Bertz CT molecular complexity index is 875. The van der Waals surface area contributed by atoms with Crippen LogP contribution in [0.4, 0.5) is 0 Å². The van der Waals surface area contributed by atoms with Crippen molar-refractivity contribution in [3.8, 4) is 11.5 Å². The fourth-order valence-corrected chi connectivity index (χ4v) is 3.54. The van der Waals surface area contributed by atoms with Crippen molar-refractivity contribution < 1.29 is 9.47 Å². The van der Waals surface area contributed by atoms with Crippen molar-refractivity contribution >= 4 is 10.8 Å². The van der Waals surface area contributed by atoms with Crippen LogP contribution in [0.5, 0.6) is 11.5 Å². The Morgan fingerprint density at radius 2 is 1.75 bits per heavy atom. The van der Waals surface area contributed by atoms with Gasteiger partial charge in [-0.15, -0.1) is 0 Å². The van der Waals surface area contributed by atoms with Gasteiger partial charge in [0.25, 0.3) is 0 Å². The van der Waals surface area contributed by atoms with Crippen LogP contribution < -0.4 is 14.8 Å². The maximum Gasteiger partial charge on any atom is 0.126 e. The van der Waals surface area contributed by atoms with E-state index in [1.165, 1.54) is 16.5 Å². The first kappa shape index (κ1) is 15.0. The van der Waals surface area contributed by atoms with Crippen molar-refractivity contribution in [3.63, 3.8) is 0 Å². The number of benzene rings is 3. The van der Waals surface area contributed by atoms with E-state index in [1.54, 1.807) is 7.11 Å². The fourth-order valence-electron chi connectivity index (χ4n) is 3.54. The molecule has 3 heteroatoms. The third-order valence-corrected chi connectivity index (χ3v) is 4.76. The Kier molecular flexibility index (Phi) is 3.87. The summed E-state index contributed by atoms with van der Waals surface area (Å²) in [5, 5.41) is 6.09. The lowest BCUT2D eigenvalue weighted by Crippen LogP contribution is -2.25. The Hall–Kier alpha value is -2.52. The molecule has 4 rings (SSSR count). The number of hydrogen-bond donors (Lipinski definition) is 1. The number of rotatable bonds is 4. The quantitative estimate of drug-likeness (QED) is 0.760. The van der Waals surface area contributed by atoms with E-state index >= 15 is 0 Å². The third-order valence-electron chi connectivity index (χ3n) is 4.76. The first-order valence-electron chi connectivity index (χ1n) is 8.31. The van der Waals surface area contributed by atoms with Gasteiger partial charge in [-0.05, 0) is 30.0 Å². The van der Waals surface area contributed by atoms with Crippen LogP contribution in [0.25, 0.3) is 10.8 Å². The lowest BCUT2D eigenvalue weighted by molar-refractivity contribution is 0.301. The van der Waals surface area contributed by atoms with Crippen molar-refractivity contribution in [2.75, 3.05) is 13.7 Å². The van der Waals surface area contributed by atoms with E-state index < -0.39 is 0 Å². The van der Waals surface area contributed by atoms with Crippen LogP contribution in [0.15, 0.2) is 60.7 Å². The van der Waals surface area contributed by atoms with E-state index in [0.717, 1.165) is 16.9 Å². The molecule has 3 nitrogen and oxygen atoms in total. The molecule has 0 saturated carbocycles. The Balaban J connectivity index is 1.66. The summed E-state index contributed by atoms with van der Waals surface area (Å²) >= 11 is 0. The molecular weight excluding hydrogens is 298 g/mol. The van der Waals surface area contributed by atoms with Crippen molar-refractivity contribution in [1.82, 2.24) is 5.32 Å². The van der Waals surface area contributed by atoms with Gasteiger partial charge < -0.3 is 14.8 Å². The topological polar surface area (TPSA) is 30.5 Å². The molecule has 1 aliphatic heterocycles. The second kappa shape index (κ2) is 6.17. The minimum atomic E-state index is 0.209. The molecule has 2 atom stereocenters. The van der Waals surface area contributed by atoms with E-state index in [-0.39, 0.29) is 12.1 Å². The lowest BCUT2D eigenvalue weighted by atomic mass is 9.97. The first-order valence-corrected chi connectivity index (χ1v) is 8.31. The van der Waals surface area contributed by atoms with Crippen LogP contribution in [-0.4, -0.2) is 13.7 Å². The molecule has 3 aromatic carbocycles. The zero-order chi connectivity index (χ0) is 16.5. The molecule has 0 fully saturated rings. The summed E-state index contributed by atoms with van der Waals surface area (Å²) < 4.78 is 11.3. The van der Waals surface area contributed by atoms with Crippen molar-refractivity contribution in [1.29, 1.82) is 0 Å². The SMILES string of the molecule is COc1ccc([C@@H](C)N[C@H]2COc3ccccc32)c2ccccc12. The molecule has 0 saturated heterocycles. The molecule has 3 aromatic rings. The summed E-state index contributed by atoms with van der Waals surface area (Å²) in [6.45, 7) is 2.88. The predicted molar refractivity (Wildman–Crippen MR) is 96.7 cm³/mol. The first-order chi connectivity index (χ1) is 11.8. The highest BCUT2D eigenvalue weighted by Gasteiger charge is 2.25. The van der Waals surface area contributed by atoms with Gasteiger partial charge in [-0.25, -0.2) is 0 Å². The standard InChI is InChI=1S/C21H21NO2/c1-14(22-19-13-24-21-10-6-5-9-18(19)21)15-11-12-20(23-2)17-8-4-3-7-16(15)17/h3-12,14,19,22H,13H2,1-2H3/t14-,19+/m1/s1. The van der Waals surface area contributed by atoms with Crippen LogP contribution >= 0.6 is 0 Å². The molecule has 0 amide bonds. The second-order valence-electron chi connectivity index (χ2n) is 6.19. The zero-order valence-corrected chi connectivity index (χ0v) is 14.0. The summed E-state index contributed by atoms with van der Waals surface area (Å²) in [7, 11) is 1.72. The van der Waals surface area contributed by atoms with E-state index in [2.05, 4.69) is 54.7 Å². The largest absolute Gasteiger partial charge is 0.496 e. The Morgan fingerprint density at radius 1 is 1.00 bits per heavy atom. The molecule has 0 radical (unpaired) electrons. The Morgan fingerprint density at radius 3 is 2.58 bits per heavy atom. The van der Waals surface area contributed by atoms with Gasteiger partial charge in [0.1, 0.15) is 18.1 Å². The number of ether oxygens (including phenoxy) is 2. The molecule has 122 valence electrons. The van der Waals surface area contributed by atoms with Gasteiger partial charge >= 0.3 is 0 Å². The van der Waals surface area contributed by atoms with Crippen LogP contribution in [-0.2, 0) is 0 Å². The highest BCUT2D eigenvalue weighted by Crippen LogP contribution is 2.36. The molecule has 0 aromatic heterocycles. The van der Waals surface area contributed by atoms with Gasteiger partial charge in [-0.3, -0.25) is 0 Å². The number of fused-ring (bicyclic) bond motifs is 2. The molecule has 0 bridgehead atoms. The van der Waals surface area contributed by atoms with Gasteiger partial charge in [0, 0.05) is 17.0 Å². The summed E-state index contributed by atoms with van der Waals surface area (Å²) in [5.41, 5.74) is 2.51. The molecular formula is C21H21NO2. The molecule has 0 unspecified atom stereocenters. The molecule has 24 heavy (non-hydrogen) atoms. The summed E-state index contributed by atoms with van der Waals surface area (Å²) in [5.74, 6) is 1.90. The van der Waals surface area contributed by atoms with E-state index in [9.17, 15) is 0 Å². The smallest absolute Gasteiger partial charge is 0.126 e. The van der Waals surface area contributed by atoms with Gasteiger partial charge in [-0.2, -0.15) is 0 Å². The second-order valence-corrected chi connectivity index (χ2v) is 6.19. The maximum absolute atomic E-state index is 5.79. The molecule has 1 N–H and O–H groups in total. The van der Waals surface area contributed by atoms with Gasteiger partial charge in [0.2, 0.25) is 0 Å². The zero-order valence-electron chi connectivity index (χ0n) is 14.0. The highest BCUT2D eigenvalue weighted by atomic mass is 16.5. The van der Waals surface area contributed by atoms with E-state index in [0.29, 0.717) is 6.61 Å². The molecule has 1 aliphatic rings. The molecule has 0 spiro atoms. The number of methoxy groups -OCH3 is 1. The molecule has 0 aliphatic carbocycles. The Labute approximate surface area is 142 Å². The summed E-state index contributed by atoms with van der Waals surface area (Å²) in [6, 6.07) is 21.3.